The normalized spacial score (nSPS) is 23.7. The van der Waals surface area contributed by atoms with Gasteiger partial charge in [-0.1, -0.05) is 42.8 Å². The Hall–Kier alpha value is -2.76. The zero-order chi connectivity index (χ0) is 22.8. The molecule has 0 bridgehead atoms. The van der Waals surface area contributed by atoms with Crippen LogP contribution in [0, 0.1) is 5.92 Å². The van der Waals surface area contributed by atoms with Crippen LogP contribution in [0.5, 0.6) is 0 Å². The second-order valence-corrected chi connectivity index (χ2v) is 8.94. The Kier molecular flexibility index (Phi) is 6.58. The van der Waals surface area contributed by atoms with E-state index in [1.807, 2.05) is 78.7 Å². The van der Waals surface area contributed by atoms with E-state index in [-0.39, 0.29) is 24.0 Å². The fourth-order valence-electron chi connectivity index (χ4n) is 4.35. The van der Waals surface area contributed by atoms with E-state index in [2.05, 4.69) is 30.9 Å². The topological polar surface area (TPSA) is 36.0 Å². The second kappa shape index (κ2) is 9.39. The monoisotopic (exact) mass is 451 g/mol. The average molecular weight is 452 g/mol. The largest absolute Gasteiger partial charge is 0.381 e. The van der Waals surface area contributed by atoms with E-state index in [1.165, 1.54) is 0 Å². The molecule has 0 aromatic heterocycles. The molecule has 2 aromatic rings. The summed E-state index contributed by atoms with van der Waals surface area (Å²) in [5.74, 6) is -0.166. The first kappa shape index (κ1) is 22.4. The molecule has 2 fully saturated rings. The van der Waals surface area contributed by atoms with Crippen molar-refractivity contribution in [3.8, 4) is 0 Å². The Balaban J connectivity index is 1.73. The highest BCUT2D eigenvalue weighted by Crippen LogP contribution is 2.43. The van der Waals surface area contributed by atoms with Gasteiger partial charge in [0.1, 0.15) is 6.10 Å². The zero-order valence-electron chi connectivity index (χ0n) is 19.0. The molecule has 2 saturated heterocycles. The summed E-state index contributed by atoms with van der Waals surface area (Å²) in [5.41, 5.74) is 4.13. The molecule has 0 radical (unpaired) electrons. The molecule has 2 aromatic carbocycles. The van der Waals surface area contributed by atoms with Crippen molar-refractivity contribution >= 4 is 28.9 Å². The van der Waals surface area contributed by atoms with Gasteiger partial charge in [0, 0.05) is 30.5 Å². The fraction of sp³-hybridized carbons (Fsp3) is 0.346. The first-order valence-electron chi connectivity index (χ1n) is 11.0. The van der Waals surface area contributed by atoms with Crippen molar-refractivity contribution in [2.45, 2.75) is 32.4 Å². The lowest BCUT2D eigenvalue weighted by molar-refractivity contribution is -0.120. The summed E-state index contributed by atoms with van der Waals surface area (Å²) in [6, 6.07) is 17.3. The summed E-state index contributed by atoms with van der Waals surface area (Å²) < 4.78 is 0. The first-order valence-corrected chi connectivity index (χ1v) is 11.4. The number of carbonyl (C=O) groups excluding carboxylic acids is 1. The average Bonchev–Trinajstić information content (AvgIpc) is 3.32. The molecule has 2 aliphatic heterocycles. The van der Waals surface area contributed by atoms with Crippen LogP contribution >= 0.6 is 11.6 Å². The Morgan fingerprint density at radius 2 is 1.78 bits per heavy atom. The maximum Gasteiger partial charge on any atom is 0.235 e. The molecule has 0 N–H and O–H groups in total. The summed E-state index contributed by atoms with van der Waals surface area (Å²) in [4.78, 5) is 24.0. The molecule has 3 unspecified atom stereocenters. The van der Waals surface area contributed by atoms with Gasteiger partial charge in [-0.25, -0.2) is 5.06 Å². The minimum atomic E-state index is -0.273. The summed E-state index contributed by atoms with van der Waals surface area (Å²) in [6.45, 7) is 4.75. The predicted octanol–water partition coefficient (Wildman–Crippen LogP) is 5.29. The van der Waals surface area contributed by atoms with Crippen LogP contribution in [-0.2, 0) is 9.63 Å². The van der Waals surface area contributed by atoms with Crippen LogP contribution in [-0.4, -0.2) is 43.6 Å². The van der Waals surface area contributed by atoms with Gasteiger partial charge < -0.3 is 9.80 Å². The van der Waals surface area contributed by atoms with Crippen molar-refractivity contribution in [2.75, 3.05) is 30.6 Å². The second-order valence-electron chi connectivity index (χ2n) is 8.50. The summed E-state index contributed by atoms with van der Waals surface area (Å²) >= 11 is 6.12. The number of hydrogen-bond acceptors (Lipinski definition) is 4. The van der Waals surface area contributed by atoms with Gasteiger partial charge in [0.25, 0.3) is 0 Å². The van der Waals surface area contributed by atoms with Crippen LogP contribution in [0.2, 0.25) is 5.02 Å². The van der Waals surface area contributed by atoms with Gasteiger partial charge in [0.05, 0.1) is 24.2 Å². The van der Waals surface area contributed by atoms with Crippen molar-refractivity contribution in [3.63, 3.8) is 0 Å². The minimum absolute atomic E-state index is 0.107. The van der Waals surface area contributed by atoms with Gasteiger partial charge in [0.2, 0.25) is 5.91 Å². The van der Waals surface area contributed by atoms with Gasteiger partial charge in [-0.15, -0.1) is 0 Å². The number of hydroxylamine groups is 1. The molecule has 2 heterocycles. The molecule has 32 heavy (non-hydrogen) atoms. The van der Waals surface area contributed by atoms with Crippen molar-refractivity contribution in [1.29, 1.82) is 0 Å². The number of anilines is 2. The number of nitrogens with zero attached hydrogens (tertiary/aromatic N) is 3. The van der Waals surface area contributed by atoms with Crippen molar-refractivity contribution < 1.29 is 9.63 Å². The van der Waals surface area contributed by atoms with Gasteiger partial charge in [-0.3, -0.25) is 9.63 Å². The number of amides is 1. The van der Waals surface area contributed by atoms with E-state index in [4.69, 9.17) is 16.4 Å². The third-order valence-electron chi connectivity index (χ3n) is 6.34. The molecule has 6 heteroatoms. The number of benzene rings is 2. The van der Waals surface area contributed by atoms with Crippen LogP contribution in [0.15, 0.2) is 78.0 Å². The molecule has 3 atom stereocenters. The van der Waals surface area contributed by atoms with E-state index in [0.29, 0.717) is 11.6 Å². The molecule has 1 amide bonds. The van der Waals surface area contributed by atoms with Crippen LogP contribution in [0.25, 0.3) is 0 Å². The molecule has 4 rings (SSSR count). The molecule has 168 valence electrons. The maximum atomic E-state index is 13.6. The van der Waals surface area contributed by atoms with E-state index < -0.39 is 0 Å². The standard InChI is InChI=1S/C26H30ClN3O2/c1-5-19(12-11-18(2)28(3)4)25-24-23(32-30(25)22-15-13-20(27)14-16-22)17-29(26(24)31)21-9-7-6-8-10-21/h6-16,23-25H,5,17H2,1-4H3/b18-11+,19-12+. The Morgan fingerprint density at radius 1 is 1.09 bits per heavy atom. The lowest BCUT2D eigenvalue weighted by Gasteiger charge is -2.30. The smallest absolute Gasteiger partial charge is 0.235 e. The molecular weight excluding hydrogens is 422 g/mol. The van der Waals surface area contributed by atoms with Gasteiger partial charge in [-0.05, 0) is 61.4 Å². The number of rotatable bonds is 6. The number of allylic oxidation sites excluding steroid dienone is 3. The SMILES string of the molecule is CC/C(=C\C=C(/C)N(C)C)C1C2C(=O)N(c3ccccc3)CC2ON1c1ccc(Cl)cc1. The fourth-order valence-corrected chi connectivity index (χ4v) is 4.48. The third-order valence-corrected chi connectivity index (χ3v) is 6.59. The van der Waals surface area contributed by atoms with Crippen molar-refractivity contribution in [1.82, 2.24) is 4.90 Å². The minimum Gasteiger partial charge on any atom is -0.381 e. The number of halogens is 1. The summed E-state index contributed by atoms with van der Waals surface area (Å²) in [7, 11) is 4.05. The van der Waals surface area contributed by atoms with Crippen LogP contribution < -0.4 is 9.96 Å². The number of fused-ring (bicyclic) bond motifs is 1. The first-order chi connectivity index (χ1) is 15.4. The van der Waals surface area contributed by atoms with E-state index >= 15 is 0 Å². The summed E-state index contributed by atoms with van der Waals surface area (Å²) in [6.07, 6.45) is 4.86. The van der Waals surface area contributed by atoms with E-state index in [9.17, 15) is 4.79 Å². The molecule has 0 spiro atoms. The number of carbonyl (C=O) groups is 1. The summed E-state index contributed by atoms with van der Waals surface area (Å²) in [5, 5.41) is 2.59. The third kappa shape index (κ3) is 4.27. The lowest BCUT2D eigenvalue weighted by Crippen LogP contribution is -2.40. The predicted molar refractivity (Wildman–Crippen MR) is 131 cm³/mol. The van der Waals surface area contributed by atoms with Crippen LogP contribution in [0.4, 0.5) is 11.4 Å². The Morgan fingerprint density at radius 3 is 2.41 bits per heavy atom. The lowest BCUT2D eigenvalue weighted by atomic mass is 9.89. The Bertz CT molecular complexity index is 1020. The van der Waals surface area contributed by atoms with E-state index in [0.717, 1.165) is 29.1 Å². The molecular formula is C26H30ClN3O2. The van der Waals surface area contributed by atoms with Crippen molar-refractivity contribution in [3.05, 3.63) is 83.0 Å². The van der Waals surface area contributed by atoms with Crippen LogP contribution in [0.3, 0.4) is 0 Å². The quantitative estimate of drug-likeness (QED) is 0.559. The highest BCUT2D eigenvalue weighted by Gasteiger charge is 2.55. The molecule has 2 aliphatic rings. The molecule has 0 saturated carbocycles. The van der Waals surface area contributed by atoms with Gasteiger partial charge in [-0.2, -0.15) is 0 Å². The van der Waals surface area contributed by atoms with Gasteiger partial charge in [0.15, 0.2) is 0 Å². The van der Waals surface area contributed by atoms with Gasteiger partial charge >= 0.3 is 0 Å². The Labute approximate surface area is 195 Å². The number of hydrogen-bond donors (Lipinski definition) is 0. The van der Waals surface area contributed by atoms with Crippen molar-refractivity contribution in [2.24, 2.45) is 5.92 Å². The number of para-hydroxylation sites is 1. The highest BCUT2D eigenvalue weighted by atomic mass is 35.5. The maximum absolute atomic E-state index is 13.6. The van der Waals surface area contributed by atoms with E-state index in [1.54, 1.807) is 0 Å². The van der Waals surface area contributed by atoms with Crippen LogP contribution in [0.1, 0.15) is 20.3 Å². The molecule has 0 aliphatic carbocycles. The zero-order valence-corrected chi connectivity index (χ0v) is 19.8. The molecule has 5 nitrogen and oxygen atoms in total. The highest BCUT2D eigenvalue weighted by molar-refractivity contribution is 6.30.